The van der Waals surface area contributed by atoms with Gasteiger partial charge in [0, 0.05) is 7.05 Å². The summed E-state index contributed by atoms with van der Waals surface area (Å²) in [6.07, 6.45) is 2.65. The van der Waals surface area contributed by atoms with Gasteiger partial charge in [-0.3, -0.25) is 4.68 Å². The lowest BCUT2D eigenvalue weighted by Crippen LogP contribution is -2.05. The number of nitrogens with zero attached hydrogens (tertiary/aromatic N) is 3. The van der Waals surface area contributed by atoms with Crippen molar-refractivity contribution in [2.75, 3.05) is 6.54 Å². The van der Waals surface area contributed by atoms with Crippen LogP contribution in [0, 0.1) is 0 Å². The minimum Gasteiger partial charge on any atom is -0.487 e. The molecular weight excluding hydrogens is 216 g/mol. The van der Waals surface area contributed by atoms with Crippen molar-refractivity contribution in [3.63, 3.8) is 0 Å². The Hall–Kier alpha value is -1.88. The zero-order valence-corrected chi connectivity index (χ0v) is 9.84. The van der Waals surface area contributed by atoms with Crippen molar-refractivity contribution in [3.8, 4) is 5.75 Å². The van der Waals surface area contributed by atoms with E-state index in [1.807, 2.05) is 37.5 Å². The monoisotopic (exact) mass is 232 g/mol. The number of nitrogens with two attached hydrogens (primary N) is 1. The van der Waals surface area contributed by atoms with Crippen LogP contribution in [-0.4, -0.2) is 21.5 Å². The zero-order valence-electron chi connectivity index (χ0n) is 9.84. The van der Waals surface area contributed by atoms with Crippen LogP contribution in [0.3, 0.4) is 0 Å². The van der Waals surface area contributed by atoms with E-state index in [1.54, 1.807) is 4.68 Å². The van der Waals surface area contributed by atoms with Gasteiger partial charge in [-0.05, 0) is 24.6 Å². The minimum atomic E-state index is 0.426. The van der Waals surface area contributed by atoms with Gasteiger partial charge >= 0.3 is 0 Å². The maximum atomic E-state index is 5.72. The van der Waals surface area contributed by atoms with Crippen molar-refractivity contribution in [2.24, 2.45) is 12.8 Å². The van der Waals surface area contributed by atoms with Gasteiger partial charge < -0.3 is 10.5 Å². The summed E-state index contributed by atoms with van der Waals surface area (Å²) in [6, 6.07) is 7.91. The van der Waals surface area contributed by atoms with Gasteiger partial charge in [-0.25, -0.2) is 0 Å². The molecule has 0 aliphatic rings. The molecule has 17 heavy (non-hydrogen) atoms. The fourth-order valence-electron chi connectivity index (χ4n) is 1.62. The van der Waals surface area contributed by atoms with Crippen LogP contribution in [0.1, 0.15) is 11.3 Å². The van der Waals surface area contributed by atoms with E-state index in [-0.39, 0.29) is 0 Å². The molecule has 0 radical (unpaired) electrons. The fraction of sp³-hybridized carbons (Fsp3) is 0.333. The van der Waals surface area contributed by atoms with Gasteiger partial charge in [-0.1, -0.05) is 23.4 Å². The van der Waals surface area contributed by atoms with E-state index in [0.29, 0.717) is 13.2 Å². The van der Waals surface area contributed by atoms with E-state index >= 15 is 0 Å². The summed E-state index contributed by atoms with van der Waals surface area (Å²) in [5.41, 5.74) is 7.50. The van der Waals surface area contributed by atoms with Crippen molar-refractivity contribution < 1.29 is 4.74 Å². The summed E-state index contributed by atoms with van der Waals surface area (Å²) < 4.78 is 7.37. The maximum absolute atomic E-state index is 5.72. The second-order valence-electron chi connectivity index (χ2n) is 3.82. The molecule has 2 N–H and O–H groups in total. The van der Waals surface area contributed by atoms with Gasteiger partial charge in [-0.2, -0.15) is 0 Å². The first-order valence-corrected chi connectivity index (χ1v) is 5.55. The van der Waals surface area contributed by atoms with E-state index in [4.69, 9.17) is 10.5 Å². The first-order chi connectivity index (χ1) is 8.29. The maximum Gasteiger partial charge on any atom is 0.134 e. The van der Waals surface area contributed by atoms with Gasteiger partial charge in [0.05, 0.1) is 6.20 Å². The van der Waals surface area contributed by atoms with Crippen LogP contribution < -0.4 is 10.5 Å². The highest BCUT2D eigenvalue weighted by Gasteiger charge is 2.04. The van der Waals surface area contributed by atoms with E-state index in [1.165, 1.54) is 0 Å². The molecule has 0 unspecified atom stereocenters. The Labute approximate surface area is 100 Å². The molecule has 1 aromatic carbocycles. The molecule has 5 heteroatoms. The Bertz CT molecular complexity index is 481. The average Bonchev–Trinajstić information content (AvgIpc) is 2.74. The quantitative estimate of drug-likeness (QED) is 0.831. The molecule has 0 bridgehead atoms. The molecule has 5 nitrogen and oxygen atoms in total. The summed E-state index contributed by atoms with van der Waals surface area (Å²) in [7, 11) is 1.83. The Morgan fingerprint density at radius 2 is 2.18 bits per heavy atom. The van der Waals surface area contributed by atoms with Gasteiger partial charge in [0.2, 0.25) is 0 Å². The van der Waals surface area contributed by atoms with Crippen molar-refractivity contribution in [2.45, 2.75) is 13.0 Å². The minimum absolute atomic E-state index is 0.426. The highest BCUT2D eigenvalue weighted by Crippen LogP contribution is 2.19. The first kappa shape index (κ1) is 11.6. The second kappa shape index (κ2) is 5.45. The zero-order chi connectivity index (χ0) is 12.1. The number of aryl methyl sites for hydroxylation is 1. The third kappa shape index (κ3) is 3.04. The topological polar surface area (TPSA) is 66.0 Å². The Balaban J connectivity index is 2.03. The lowest BCUT2D eigenvalue weighted by Gasteiger charge is -2.09. The summed E-state index contributed by atoms with van der Waals surface area (Å²) in [4.78, 5) is 0. The number of aromatic nitrogens is 3. The summed E-state index contributed by atoms with van der Waals surface area (Å²) in [5, 5.41) is 7.82. The van der Waals surface area contributed by atoms with Gasteiger partial charge in [0.15, 0.2) is 0 Å². The Kier molecular flexibility index (Phi) is 3.72. The molecular formula is C12H16N4O. The van der Waals surface area contributed by atoms with Crippen molar-refractivity contribution in [1.82, 2.24) is 15.0 Å². The fourth-order valence-corrected chi connectivity index (χ4v) is 1.62. The number of ether oxygens (including phenoxy) is 1. The van der Waals surface area contributed by atoms with E-state index in [0.717, 1.165) is 23.4 Å². The number of para-hydroxylation sites is 1. The third-order valence-corrected chi connectivity index (χ3v) is 2.41. The normalized spacial score (nSPS) is 10.5. The lowest BCUT2D eigenvalue weighted by atomic mass is 10.1. The highest BCUT2D eigenvalue weighted by molar-refractivity contribution is 5.33. The highest BCUT2D eigenvalue weighted by atomic mass is 16.5. The van der Waals surface area contributed by atoms with Crippen LogP contribution in [0.15, 0.2) is 30.5 Å². The Morgan fingerprint density at radius 3 is 2.88 bits per heavy atom. The van der Waals surface area contributed by atoms with Crippen molar-refractivity contribution in [3.05, 3.63) is 41.7 Å². The predicted octanol–water partition coefficient (Wildman–Crippen LogP) is 0.895. The van der Waals surface area contributed by atoms with Crippen LogP contribution in [-0.2, 0) is 20.1 Å². The summed E-state index contributed by atoms with van der Waals surface area (Å²) in [6.45, 7) is 1.04. The van der Waals surface area contributed by atoms with E-state index in [9.17, 15) is 0 Å². The molecule has 2 rings (SSSR count). The first-order valence-electron chi connectivity index (χ1n) is 5.55. The summed E-state index contributed by atoms with van der Waals surface area (Å²) in [5.74, 6) is 0.864. The number of hydrogen-bond donors (Lipinski definition) is 1. The van der Waals surface area contributed by atoms with Gasteiger partial charge in [0.25, 0.3) is 0 Å². The van der Waals surface area contributed by atoms with E-state index < -0.39 is 0 Å². The molecule has 0 saturated heterocycles. The molecule has 0 aliphatic carbocycles. The predicted molar refractivity (Wildman–Crippen MR) is 64.5 cm³/mol. The Morgan fingerprint density at radius 1 is 1.35 bits per heavy atom. The van der Waals surface area contributed by atoms with Crippen LogP contribution in [0.2, 0.25) is 0 Å². The largest absolute Gasteiger partial charge is 0.487 e. The molecule has 0 amide bonds. The van der Waals surface area contributed by atoms with Crippen LogP contribution in [0.4, 0.5) is 0 Å². The average molecular weight is 232 g/mol. The lowest BCUT2D eigenvalue weighted by molar-refractivity contribution is 0.298. The molecule has 0 fully saturated rings. The van der Waals surface area contributed by atoms with Crippen molar-refractivity contribution >= 4 is 0 Å². The molecule has 0 atom stereocenters. The third-order valence-electron chi connectivity index (χ3n) is 2.41. The SMILES string of the molecule is Cn1cc(COc2ccccc2CCN)nn1. The smallest absolute Gasteiger partial charge is 0.134 e. The van der Waals surface area contributed by atoms with Gasteiger partial charge in [-0.15, -0.1) is 5.10 Å². The number of hydrogen-bond acceptors (Lipinski definition) is 4. The van der Waals surface area contributed by atoms with Crippen LogP contribution in [0.5, 0.6) is 5.75 Å². The van der Waals surface area contributed by atoms with Crippen LogP contribution in [0.25, 0.3) is 0 Å². The number of benzene rings is 1. The van der Waals surface area contributed by atoms with E-state index in [2.05, 4.69) is 10.3 Å². The molecule has 1 heterocycles. The number of rotatable bonds is 5. The second-order valence-corrected chi connectivity index (χ2v) is 3.82. The molecule has 2 aromatic rings. The summed E-state index contributed by atoms with van der Waals surface area (Å²) >= 11 is 0. The molecule has 1 aromatic heterocycles. The van der Waals surface area contributed by atoms with Gasteiger partial charge in [0.1, 0.15) is 18.1 Å². The molecule has 0 saturated carbocycles. The molecule has 0 aliphatic heterocycles. The standard InChI is InChI=1S/C12H16N4O/c1-16-8-11(14-15-16)9-17-12-5-3-2-4-10(12)6-7-13/h2-5,8H,6-7,9,13H2,1H3. The molecule has 90 valence electrons. The van der Waals surface area contributed by atoms with Crippen LogP contribution >= 0.6 is 0 Å². The van der Waals surface area contributed by atoms with Crippen molar-refractivity contribution in [1.29, 1.82) is 0 Å². The molecule has 0 spiro atoms.